The molecular weight excluding hydrogens is 482 g/mol. The molecule has 2 atom stereocenters. The number of halogens is 2. The lowest BCUT2D eigenvalue weighted by Crippen LogP contribution is -2.60. The van der Waals surface area contributed by atoms with E-state index in [2.05, 4.69) is 10.3 Å². The van der Waals surface area contributed by atoms with E-state index < -0.39 is 37.4 Å². The second kappa shape index (κ2) is 8.89. The largest absolute Gasteiger partial charge is 0.353 e. The Balaban J connectivity index is 1.81. The van der Waals surface area contributed by atoms with Crippen LogP contribution in [-0.4, -0.2) is 91.9 Å². The fraction of sp³-hybridized carbons (Fsp3) is 0.650. The van der Waals surface area contributed by atoms with Gasteiger partial charge in [0.25, 0.3) is 5.56 Å². The van der Waals surface area contributed by atoms with Crippen molar-refractivity contribution in [1.29, 1.82) is 0 Å². The van der Waals surface area contributed by atoms with E-state index in [1.165, 1.54) is 27.4 Å². The molecule has 2 fully saturated rings. The molecule has 0 aromatic carbocycles. The van der Waals surface area contributed by atoms with Crippen molar-refractivity contribution in [2.45, 2.75) is 54.5 Å². The van der Waals surface area contributed by atoms with Crippen molar-refractivity contribution in [3.05, 3.63) is 28.2 Å². The van der Waals surface area contributed by atoms with Gasteiger partial charge in [-0.15, -0.1) is 0 Å². The van der Waals surface area contributed by atoms with Crippen LogP contribution in [0.5, 0.6) is 0 Å². The van der Waals surface area contributed by atoms with Gasteiger partial charge in [-0.2, -0.15) is 4.98 Å². The molecule has 0 radical (unpaired) electrons. The molecule has 4 rings (SSSR count). The molecule has 1 saturated carbocycles. The normalized spacial score (nSPS) is 25.2. The minimum Gasteiger partial charge on any atom is -0.353 e. The summed E-state index contributed by atoms with van der Waals surface area (Å²) in [7, 11) is 5.36. The first-order chi connectivity index (χ1) is 16.4. The van der Waals surface area contributed by atoms with E-state index in [0.717, 1.165) is 27.1 Å². The Morgan fingerprint density at radius 1 is 1.17 bits per heavy atom. The molecule has 16 heteroatoms. The van der Waals surface area contributed by atoms with Crippen molar-refractivity contribution < 1.29 is 17.2 Å². The van der Waals surface area contributed by atoms with E-state index in [4.69, 9.17) is 4.98 Å². The summed E-state index contributed by atoms with van der Waals surface area (Å²) >= 11 is 0. The molecule has 0 amide bonds. The van der Waals surface area contributed by atoms with Crippen molar-refractivity contribution in [1.82, 2.24) is 18.8 Å². The molecule has 2 aromatic rings. The van der Waals surface area contributed by atoms with Crippen LogP contribution in [0, 0.1) is 5.92 Å². The number of nitrogens with zero attached hydrogens (tertiary/aromatic N) is 4. The zero-order valence-corrected chi connectivity index (χ0v) is 22.9. The van der Waals surface area contributed by atoms with Crippen LogP contribution in [0.1, 0.15) is 37.8 Å². The Bertz CT molecular complexity index is 1330. The predicted octanol–water partition coefficient (Wildman–Crippen LogP) is -2.34. The molecular formula is C20H32B5F2N5O3S. The molecule has 1 aliphatic heterocycles. The van der Waals surface area contributed by atoms with E-state index in [-0.39, 0.29) is 23.9 Å². The fourth-order valence-corrected chi connectivity index (χ4v) is 7.42. The molecule has 1 aliphatic carbocycles. The van der Waals surface area contributed by atoms with Crippen LogP contribution in [0.4, 0.5) is 14.7 Å². The predicted molar refractivity (Wildman–Crippen MR) is 152 cm³/mol. The summed E-state index contributed by atoms with van der Waals surface area (Å²) < 4.78 is 56.3. The lowest BCUT2D eigenvalue weighted by atomic mass is 9.36. The Hall–Kier alpha value is -1.82. The fourth-order valence-electron chi connectivity index (χ4n) is 6.28. The summed E-state index contributed by atoms with van der Waals surface area (Å²) in [5.74, 6) is -2.83. The molecule has 0 unspecified atom stereocenters. The van der Waals surface area contributed by atoms with E-state index in [9.17, 15) is 22.0 Å². The quantitative estimate of drug-likeness (QED) is 0.449. The molecule has 2 aromatic heterocycles. The Labute approximate surface area is 215 Å². The number of hydrogen-bond donors (Lipinski definition) is 1. The standard InChI is InChI=1S/C20H32B5F2N5O3S/c1-10-4-3-5-13(10)32-14-11(6-12(15(32)33)20(25,26)27)7-28-17(29-14)30-16-18(21,22)8-31(36(2,34)35)9-19(16,23)24/h6-7,10,13,16H,3-5,8-9,21-25H2,1-2H3,(H,28,29,30)/t10-,13-/m1/s1. The molecule has 0 bridgehead atoms. The maximum absolute atomic E-state index is 14.4. The van der Waals surface area contributed by atoms with E-state index >= 15 is 0 Å². The number of rotatable bonds is 5. The lowest BCUT2D eigenvalue weighted by Gasteiger charge is -2.53. The number of pyridine rings is 1. The third-order valence-electron chi connectivity index (χ3n) is 7.87. The zero-order chi connectivity index (χ0) is 26.8. The van der Waals surface area contributed by atoms with Crippen LogP contribution >= 0.6 is 0 Å². The van der Waals surface area contributed by atoms with E-state index in [0.29, 0.717) is 24.1 Å². The van der Waals surface area contributed by atoms with Gasteiger partial charge in [0, 0.05) is 36.8 Å². The van der Waals surface area contributed by atoms with Gasteiger partial charge in [0.2, 0.25) is 21.8 Å². The number of nitrogens with one attached hydrogen (secondary N) is 1. The molecule has 36 heavy (non-hydrogen) atoms. The first-order valence-electron chi connectivity index (χ1n) is 12.4. The lowest BCUT2D eigenvalue weighted by molar-refractivity contribution is 0.0917. The van der Waals surface area contributed by atoms with Crippen LogP contribution in [0.25, 0.3) is 11.0 Å². The average molecular weight is 515 g/mol. The first kappa shape index (κ1) is 27.2. The molecule has 1 N–H and O–H groups in total. The summed E-state index contributed by atoms with van der Waals surface area (Å²) in [5.41, 5.74) is -0.914. The molecule has 0 spiro atoms. The summed E-state index contributed by atoms with van der Waals surface area (Å²) in [6.07, 6.45) is 5.27. The second-order valence-corrected chi connectivity index (χ2v) is 14.1. The number of alkyl halides is 2. The number of fused-ring (bicyclic) bond motifs is 1. The Morgan fingerprint density at radius 3 is 2.28 bits per heavy atom. The van der Waals surface area contributed by atoms with Gasteiger partial charge in [-0.1, -0.05) is 23.8 Å². The van der Waals surface area contributed by atoms with Crippen molar-refractivity contribution in [2.24, 2.45) is 5.92 Å². The summed E-state index contributed by atoms with van der Waals surface area (Å²) in [4.78, 5) is 22.5. The van der Waals surface area contributed by atoms with Gasteiger partial charge in [-0.25, -0.2) is 26.5 Å². The van der Waals surface area contributed by atoms with Gasteiger partial charge in [0.05, 0.1) is 11.8 Å². The monoisotopic (exact) mass is 515 g/mol. The minimum absolute atomic E-state index is 0.163. The van der Waals surface area contributed by atoms with Crippen LogP contribution < -0.4 is 10.9 Å². The molecule has 2 aliphatic rings. The number of piperidine rings is 1. The highest BCUT2D eigenvalue weighted by atomic mass is 32.2. The third-order valence-corrected chi connectivity index (χ3v) is 9.06. The molecule has 3 heterocycles. The van der Waals surface area contributed by atoms with E-state index in [1.807, 2.05) is 38.3 Å². The van der Waals surface area contributed by atoms with Crippen molar-refractivity contribution in [2.75, 3.05) is 24.7 Å². The number of anilines is 1. The number of hydrogen-bond acceptors (Lipinski definition) is 6. The van der Waals surface area contributed by atoms with Gasteiger partial charge in [0.1, 0.15) is 37.0 Å². The SMILES string of the molecule is BC(F)(F)c1cc2cnc(NC3C(B)(B)CN(S(C)(=O)=O)CC3(B)B)nc2n([C@@H]2CCC[C@H]2C)c1=O. The first-order valence-corrected chi connectivity index (χ1v) is 14.3. The Kier molecular flexibility index (Phi) is 6.72. The van der Waals surface area contributed by atoms with Crippen LogP contribution in [0.3, 0.4) is 0 Å². The molecule has 1 saturated heterocycles. The van der Waals surface area contributed by atoms with Crippen molar-refractivity contribution in [3.8, 4) is 0 Å². The maximum atomic E-state index is 14.4. The highest BCUT2D eigenvalue weighted by molar-refractivity contribution is 7.88. The Morgan fingerprint density at radius 2 is 1.78 bits per heavy atom. The minimum atomic E-state index is -3.36. The maximum Gasteiger partial charge on any atom is 0.260 e. The molecule has 190 valence electrons. The van der Waals surface area contributed by atoms with Crippen molar-refractivity contribution >= 4 is 66.2 Å². The highest BCUT2D eigenvalue weighted by Gasteiger charge is 2.48. The smallest absolute Gasteiger partial charge is 0.260 e. The second-order valence-electron chi connectivity index (χ2n) is 12.2. The average Bonchev–Trinajstić information content (AvgIpc) is 3.13. The van der Waals surface area contributed by atoms with Crippen LogP contribution in [-0.2, 0) is 15.8 Å². The van der Waals surface area contributed by atoms with Crippen molar-refractivity contribution in [3.63, 3.8) is 0 Å². The highest BCUT2D eigenvalue weighted by Crippen LogP contribution is 2.44. The van der Waals surface area contributed by atoms with Gasteiger partial charge in [-0.05, 0) is 24.8 Å². The number of aromatic nitrogens is 3. The van der Waals surface area contributed by atoms with Gasteiger partial charge in [-0.3, -0.25) is 9.36 Å². The summed E-state index contributed by atoms with van der Waals surface area (Å²) in [6.45, 7) is 2.70. The summed E-state index contributed by atoms with van der Waals surface area (Å²) in [5, 5.41) is 2.88. The molecule has 8 nitrogen and oxygen atoms in total. The van der Waals surface area contributed by atoms with Gasteiger partial charge >= 0.3 is 0 Å². The van der Waals surface area contributed by atoms with Gasteiger partial charge in [0.15, 0.2) is 7.85 Å². The zero-order valence-electron chi connectivity index (χ0n) is 22.1. The third kappa shape index (κ3) is 4.99. The van der Waals surface area contributed by atoms with Gasteiger partial charge < -0.3 is 5.32 Å². The number of sulfonamides is 1. The van der Waals surface area contributed by atoms with E-state index in [1.54, 1.807) is 0 Å². The van der Waals surface area contributed by atoms with Crippen LogP contribution in [0.15, 0.2) is 17.1 Å². The van der Waals surface area contributed by atoms with Crippen LogP contribution in [0.2, 0.25) is 10.4 Å². The summed E-state index contributed by atoms with van der Waals surface area (Å²) in [6, 6.07) is 0.803. The topological polar surface area (TPSA) is 97.2 Å².